The largest absolute Gasteiger partial charge is 0.395 e. The molecule has 178 valence electrons. The van der Waals surface area contributed by atoms with Gasteiger partial charge in [0.15, 0.2) is 5.82 Å². The van der Waals surface area contributed by atoms with Gasteiger partial charge in [0, 0.05) is 30.8 Å². The van der Waals surface area contributed by atoms with Crippen molar-refractivity contribution in [2.45, 2.75) is 65.8 Å². The van der Waals surface area contributed by atoms with Gasteiger partial charge in [0.1, 0.15) is 0 Å². The Morgan fingerprint density at radius 1 is 1.27 bits per heavy atom. The Morgan fingerprint density at radius 2 is 2.06 bits per heavy atom. The molecule has 2 aromatic heterocycles. The number of tetrazole rings is 1. The highest BCUT2D eigenvalue weighted by Crippen LogP contribution is 2.29. The molecular formula is C24H34N6O3. The number of hydrogen-bond donors (Lipinski definition) is 2. The topological polar surface area (TPSA) is 109 Å². The molecule has 33 heavy (non-hydrogen) atoms. The molecule has 2 atom stereocenters. The van der Waals surface area contributed by atoms with E-state index in [1.165, 1.54) is 5.56 Å². The number of rotatable bonds is 9. The van der Waals surface area contributed by atoms with Crippen molar-refractivity contribution < 1.29 is 9.84 Å². The van der Waals surface area contributed by atoms with Gasteiger partial charge >= 0.3 is 0 Å². The molecule has 1 saturated heterocycles. The first-order chi connectivity index (χ1) is 15.9. The van der Waals surface area contributed by atoms with E-state index in [0.717, 1.165) is 41.7 Å². The standard InChI is InChI=1S/C24H34N6O3/c1-15(2)22(23-26-27-28-30(23)14-20-6-5-9-33-20)29(7-8-31)13-19-12-18-10-16(3)17(4)11-21(18)25-24(19)32/h10-12,15,20,22,31H,5-9,13-14H2,1-4H3,(H,25,32)/t20-,22-/m0/s1. The van der Waals surface area contributed by atoms with Gasteiger partial charge in [-0.3, -0.25) is 9.69 Å². The molecule has 3 aromatic rings. The summed E-state index contributed by atoms with van der Waals surface area (Å²) in [5, 5.41) is 23.4. The van der Waals surface area contributed by atoms with E-state index in [0.29, 0.717) is 25.2 Å². The van der Waals surface area contributed by atoms with Crippen molar-refractivity contribution in [1.29, 1.82) is 0 Å². The number of nitrogens with zero attached hydrogens (tertiary/aromatic N) is 5. The number of aliphatic hydroxyl groups is 1. The number of pyridine rings is 1. The highest BCUT2D eigenvalue weighted by Gasteiger charge is 2.30. The van der Waals surface area contributed by atoms with Crippen molar-refractivity contribution in [1.82, 2.24) is 30.1 Å². The van der Waals surface area contributed by atoms with Gasteiger partial charge in [-0.15, -0.1) is 5.10 Å². The first-order valence-corrected chi connectivity index (χ1v) is 11.7. The number of H-pyrrole nitrogens is 1. The highest BCUT2D eigenvalue weighted by molar-refractivity contribution is 5.80. The molecule has 0 saturated carbocycles. The number of aliphatic hydroxyl groups excluding tert-OH is 1. The van der Waals surface area contributed by atoms with Gasteiger partial charge in [-0.1, -0.05) is 13.8 Å². The smallest absolute Gasteiger partial charge is 0.252 e. The van der Waals surface area contributed by atoms with Crippen LogP contribution in [0, 0.1) is 19.8 Å². The van der Waals surface area contributed by atoms with Crippen molar-refractivity contribution in [2.24, 2.45) is 5.92 Å². The lowest BCUT2D eigenvalue weighted by atomic mass is 10.00. The van der Waals surface area contributed by atoms with Crippen molar-refractivity contribution in [3.05, 3.63) is 51.1 Å². The molecule has 3 heterocycles. The monoisotopic (exact) mass is 454 g/mol. The van der Waals surface area contributed by atoms with E-state index in [9.17, 15) is 9.90 Å². The van der Waals surface area contributed by atoms with Crippen molar-refractivity contribution in [2.75, 3.05) is 19.8 Å². The molecule has 9 heteroatoms. The third-order valence-electron chi connectivity index (χ3n) is 6.55. The average Bonchev–Trinajstić information content (AvgIpc) is 3.43. The summed E-state index contributed by atoms with van der Waals surface area (Å²) in [6.07, 6.45) is 2.16. The summed E-state index contributed by atoms with van der Waals surface area (Å²) in [5.41, 5.74) is 3.70. The quantitative estimate of drug-likeness (QED) is 0.511. The zero-order valence-electron chi connectivity index (χ0n) is 19.9. The molecule has 1 aromatic carbocycles. The summed E-state index contributed by atoms with van der Waals surface area (Å²) in [7, 11) is 0. The summed E-state index contributed by atoms with van der Waals surface area (Å²) >= 11 is 0. The number of nitrogens with one attached hydrogen (secondary N) is 1. The minimum atomic E-state index is -0.164. The number of benzene rings is 1. The van der Waals surface area contributed by atoms with Crippen LogP contribution in [0.15, 0.2) is 23.0 Å². The molecule has 2 N–H and O–H groups in total. The molecule has 1 aliphatic heterocycles. The fourth-order valence-electron chi connectivity index (χ4n) is 4.72. The minimum Gasteiger partial charge on any atom is -0.395 e. The normalized spacial score (nSPS) is 17.5. The van der Waals surface area contributed by atoms with E-state index >= 15 is 0 Å². The number of aryl methyl sites for hydroxylation is 2. The predicted octanol–water partition coefficient (Wildman–Crippen LogP) is 2.50. The van der Waals surface area contributed by atoms with Crippen LogP contribution in [-0.4, -0.2) is 61.1 Å². The van der Waals surface area contributed by atoms with Gasteiger partial charge in [-0.05, 0) is 77.7 Å². The zero-order valence-corrected chi connectivity index (χ0v) is 19.9. The van der Waals surface area contributed by atoms with Crippen LogP contribution >= 0.6 is 0 Å². The number of fused-ring (bicyclic) bond motifs is 1. The molecule has 0 spiro atoms. The molecule has 0 bridgehead atoms. The van der Waals surface area contributed by atoms with Crippen LogP contribution in [0.3, 0.4) is 0 Å². The lowest BCUT2D eigenvalue weighted by Gasteiger charge is -2.33. The molecular weight excluding hydrogens is 420 g/mol. The van der Waals surface area contributed by atoms with Gasteiger partial charge in [0.05, 0.1) is 25.3 Å². The summed E-state index contributed by atoms with van der Waals surface area (Å²) in [5.74, 6) is 0.896. The van der Waals surface area contributed by atoms with Crippen LogP contribution in [0.2, 0.25) is 0 Å². The van der Waals surface area contributed by atoms with E-state index in [2.05, 4.69) is 52.2 Å². The van der Waals surface area contributed by atoms with Gasteiger partial charge < -0.3 is 14.8 Å². The SMILES string of the molecule is Cc1cc2cc(CN(CCO)[C@H](c3nnnn3C[C@@H]3CCCO3)C(C)C)c(=O)[nH]c2cc1C. The van der Waals surface area contributed by atoms with Gasteiger partial charge in [0.25, 0.3) is 5.56 Å². The molecule has 4 rings (SSSR count). The Bertz CT molecular complexity index is 1150. The van der Waals surface area contributed by atoms with E-state index in [1.54, 1.807) is 0 Å². The maximum Gasteiger partial charge on any atom is 0.252 e. The van der Waals surface area contributed by atoms with Gasteiger partial charge in [0.2, 0.25) is 0 Å². The maximum atomic E-state index is 12.9. The number of ether oxygens (including phenoxy) is 1. The third kappa shape index (κ3) is 5.15. The zero-order chi connectivity index (χ0) is 23.5. The van der Waals surface area contributed by atoms with Crippen LogP contribution < -0.4 is 5.56 Å². The fourth-order valence-corrected chi connectivity index (χ4v) is 4.72. The molecule has 0 aliphatic carbocycles. The fraction of sp³-hybridized carbons (Fsp3) is 0.583. The molecule has 0 amide bonds. The van der Waals surface area contributed by atoms with E-state index in [1.807, 2.05) is 23.7 Å². The van der Waals surface area contributed by atoms with E-state index in [-0.39, 0.29) is 30.2 Å². The Morgan fingerprint density at radius 3 is 2.76 bits per heavy atom. The number of aromatic nitrogens is 5. The average molecular weight is 455 g/mol. The Kier molecular flexibility index (Phi) is 7.21. The van der Waals surface area contributed by atoms with Crippen LogP contribution in [0.25, 0.3) is 10.9 Å². The molecule has 9 nitrogen and oxygen atoms in total. The second-order valence-corrected chi connectivity index (χ2v) is 9.38. The Balaban J connectivity index is 1.67. The first kappa shape index (κ1) is 23.5. The maximum absolute atomic E-state index is 12.9. The lowest BCUT2D eigenvalue weighted by molar-refractivity contribution is 0.0819. The third-order valence-corrected chi connectivity index (χ3v) is 6.55. The number of aromatic amines is 1. The van der Waals surface area contributed by atoms with E-state index in [4.69, 9.17) is 4.74 Å². The minimum absolute atomic E-state index is 0.0275. The predicted molar refractivity (Wildman–Crippen MR) is 126 cm³/mol. The molecule has 0 unspecified atom stereocenters. The Hall–Kier alpha value is -2.62. The van der Waals surface area contributed by atoms with Crippen molar-refractivity contribution in [3.8, 4) is 0 Å². The second-order valence-electron chi connectivity index (χ2n) is 9.38. The van der Waals surface area contributed by atoms with Crippen LogP contribution in [-0.2, 0) is 17.8 Å². The van der Waals surface area contributed by atoms with Crippen LogP contribution in [0.5, 0.6) is 0 Å². The van der Waals surface area contributed by atoms with Crippen LogP contribution in [0.4, 0.5) is 0 Å². The molecule has 1 fully saturated rings. The second kappa shape index (κ2) is 10.1. The van der Waals surface area contributed by atoms with E-state index < -0.39 is 0 Å². The first-order valence-electron chi connectivity index (χ1n) is 11.7. The van der Waals surface area contributed by atoms with Crippen molar-refractivity contribution >= 4 is 10.9 Å². The van der Waals surface area contributed by atoms with Crippen molar-refractivity contribution in [3.63, 3.8) is 0 Å². The summed E-state index contributed by atoms with van der Waals surface area (Å²) in [6, 6.07) is 5.90. The lowest BCUT2D eigenvalue weighted by Crippen LogP contribution is -2.37. The van der Waals surface area contributed by atoms with Gasteiger partial charge in [-0.2, -0.15) is 0 Å². The van der Waals surface area contributed by atoms with Gasteiger partial charge in [-0.25, -0.2) is 4.68 Å². The Labute approximate surface area is 193 Å². The molecule has 0 radical (unpaired) electrons. The number of hydrogen-bond acceptors (Lipinski definition) is 7. The summed E-state index contributed by atoms with van der Waals surface area (Å²) in [4.78, 5) is 18.1. The summed E-state index contributed by atoms with van der Waals surface area (Å²) < 4.78 is 7.61. The summed E-state index contributed by atoms with van der Waals surface area (Å²) in [6.45, 7) is 10.5. The molecule has 1 aliphatic rings. The highest BCUT2D eigenvalue weighted by atomic mass is 16.5. The van der Waals surface area contributed by atoms with Crippen LogP contribution in [0.1, 0.15) is 55.2 Å².